The van der Waals surface area contributed by atoms with Crippen LogP contribution in [0.5, 0.6) is 5.75 Å². The van der Waals surface area contributed by atoms with E-state index in [2.05, 4.69) is 17.1 Å². The van der Waals surface area contributed by atoms with Gasteiger partial charge in [0.15, 0.2) is 5.82 Å². The molecule has 2 aromatic rings. The number of unbranched alkanes of at least 4 members (excludes halogenated alkanes) is 1. The highest BCUT2D eigenvalue weighted by Gasteiger charge is 2.14. The summed E-state index contributed by atoms with van der Waals surface area (Å²) in [5.74, 6) is 1.37. The first-order chi connectivity index (χ1) is 9.19. The van der Waals surface area contributed by atoms with Gasteiger partial charge in [0.2, 0.25) is 5.89 Å². The summed E-state index contributed by atoms with van der Waals surface area (Å²) in [6.45, 7) is 2.12. The summed E-state index contributed by atoms with van der Waals surface area (Å²) in [5, 5.41) is 13.2. The van der Waals surface area contributed by atoms with Gasteiger partial charge in [0.25, 0.3) is 0 Å². The highest BCUT2D eigenvalue weighted by Crippen LogP contribution is 2.17. The summed E-state index contributed by atoms with van der Waals surface area (Å²) in [4.78, 5) is 4.32. The van der Waals surface area contributed by atoms with E-state index < -0.39 is 0 Å². The molecule has 0 bridgehead atoms. The van der Waals surface area contributed by atoms with Crippen molar-refractivity contribution in [2.45, 2.75) is 38.6 Å². The average molecular weight is 261 g/mol. The van der Waals surface area contributed by atoms with Crippen molar-refractivity contribution in [3.63, 3.8) is 0 Å². The molecule has 1 atom stereocenters. The summed E-state index contributed by atoms with van der Waals surface area (Å²) in [6, 6.07) is 6.78. The van der Waals surface area contributed by atoms with Crippen LogP contribution in [0.15, 0.2) is 28.8 Å². The predicted octanol–water partition coefficient (Wildman–Crippen LogP) is 2.56. The molecular weight excluding hydrogens is 242 g/mol. The van der Waals surface area contributed by atoms with Gasteiger partial charge in [-0.05, 0) is 24.1 Å². The maximum Gasteiger partial charge on any atom is 0.243 e. The molecule has 19 heavy (non-hydrogen) atoms. The molecule has 0 aliphatic rings. The molecule has 1 heterocycles. The van der Waals surface area contributed by atoms with Gasteiger partial charge in [-0.15, -0.1) is 0 Å². The van der Waals surface area contributed by atoms with E-state index in [9.17, 15) is 5.11 Å². The summed E-state index contributed by atoms with van der Waals surface area (Å²) in [7, 11) is 0. The highest BCUT2D eigenvalue weighted by molar-refractivity contribution is 5.27. The van der Waals surface area contributed by atoms with Crippen LogP contribution in [0.4, 0.5) is 0 Å². The van der Waals surface area contributed by atoms with Crippen molar-refractivity contribution >= 4 is 0 Å². The Hall–Kier alpha value is -1.88. The van der Waals surface area contributed by atoms with Crippen LogP contribution in [0.1, 0.15) is 49.5 Å². The van der Waals surface area contributed by atoms with Crippen molar-refractivity contribution in [1.29, 1.82) is 0 Å². The molecule has 0 amide bonds. The molecule has 5 heteroatoms. The number of rotatable bonds is 6. The molecule has 0 fully saturated rings. The Bertz CT molecular complexity index is 508. The minimum absolute atomic E-state index is 0.180. The lowest BCUT2D eigenvalue weighted by molar-refractivity contribution is 0.343. The minimum Gasteiger partial charge on any atom is -0.508 e. The van der Waals surface area contributed by atoms with Gasteiger partial charge in [0.05, 0.1) is 6.04 Å². The van der Waals surface area contributed by atoms with Crippen LogP contribution in [-0.2, 0) is 6.42 Å². The number of hydrogen-bond acceptors (Lipinski definition) is 5. The highest BCUT2D eigenvalue weighted by atomic mass is 16.5. The van der Waals surface area contributed by atoms with E-state index in [1.165, 1.54) is 0 Å². The fourth-order valence-electron chi connectivity index (χ4n) is 1.83. The smallest absolute Gasteiger partial charge is 0.243 e. The molecule has 1 aromatic carbocycles. The summed E-state index contributed by atoms with van der Waals surface area (Å²) >= 11 is 0. The van der Waals surface area contributed by atoms with Gasteiger partial charge >= 0.3 is 0 Å². The Morgan fingerprint density at radius 1 is 1.32 bits per heavy atom. The third-order valence-electron chi connectivity index (χ3n) is 2.97. The second kappa shape index (κ2) is 6.33. The monoisotopic (exact) mass is 261 g/mol. The lowest BCUT2D eigenvalue weighted by Crippen LogP contribution is -2.10. The Balaban J connectivity index is 1.98. The fraction of sp³-hybridized carbons (Fsp3) is 0.429. The maximum absolute atomic E-state index is 9.22. The van der Waals surface area contributed by atoms with Gasteiger partial charge in [-0.3, -0.25) is 0 Å². The molecule has 102 valence electrons. The van der Waals surface area contributed by atoms with Crippen molar-refractivity contribution in [3.8, 4) is 5.75 Å². The first-order valence-electron chi connectivity index (χ1n) is 6.55. The summed E-state index contributed by atoms with van der Waals surface area (Å²) in [6.07, 6.45) is 3.58. The van der Waals surface area contributed by atoms with E-state index in [4.69, 9.17) is 10.3 Å². The van der Waals surface area contributed by atoms with Crippen LogP contribution >= 0.6 is 0 Å². The zero-order valence-electron chi connectivity index (χ0n) is 11.0. The molecule has 1 unspecified atom stereocenters. The second-order valence-electron chi connectivity index (χ2n) is 4.64. The van der Waals surface area contributed by atoms with Crippen molar-refractivity contribution in [2.24, 2.45) is 5.73 Å². The summed E-state index contributed by atoms with van der Waals surface area (Å²) < 4.78 is 5.18. The average Bonchev–Trinajstić information content (AvgIpc) is 2.87. The van der Waals surface area contributed by atoms with Crippen LogP contribution in [0.25, 0.3) is 0 Å². The van der Waals surface area contributed by atoms with E-state index in [0.29, 0.717) is 18.1 Å². The van der Waals surface area contributed by atoms with Gasteiger partial charge in [0.1, 0.15) is 5.75 Å². The minimum atomic E-state index is -0.180. The Morgan fingerprint density at radius 3 is 2.74 bits per heavy atom. The van der Waals surface area contributed by atoms with Crippen LogP contribution in [-0.4, -0.2) is 15.2 Å². The van der Waals surface area contributed by atoms with Gasteiger partial charge in [0, 0.05) is 6.42 Å². The van der Waals surface area contributed by atoms with E-state index in [-0.39, 0.29) is 11.8 Å². The Morgan fingerprint density at radius 2 is 2.05 bits per heavy atom. The molecule has 5 nitrogen and oxygen atoms in total. The lowest BCUT2D eigenvalue weighted by atomic mass is 10.1. The number of benzene rings is 1. The van der Waals surface area contributed by atoms with Crippen molar-refractivity contribution in [3.05, 3.63) is 41.5 Å². The zero-order valence-corrected chi connectivity index (χ0v) is 11.0. The first-order valence-corrected chi connectivity index (χ1v) is 6.55. The normalized spacial score (nSPS) is 12.5. The molecule has 0 aliphatic heterocycles. The van der Waals surface area contributed by atoms with Gasteiger partial charge in [-0.25, -0.2) is 0 Å². The van der Waals surface area contributed by atoms with Crippen molar-refractivity contribution in [2.75, 3.05) is 0 Å². The number of aromatic hydroxyl groups is 1. The van der Waals surface area contributed by atoms with Crippen LogP contribution in [0, 0.1) is 0 Å². The fourth-order valence-corrected chi connectivity index (χ4v) is 1.83. The lowest BCUT2D eigenvalue weighted by Gasteiger charge is -2.03. The first kappa shape index (κ1) is 13.5. The standard InChI is InChI=1S/C14H19N3O2/c1-2-3-4-12(15)14-16-13(17-19-14)9-10-5-7-11(18)8-6-10/h5-8,12,18H,2-4,9,15H2,1H3. The van der Waals surface area contributed by atoms with E-state index in [1.54, 1.807) is 12.1 Å². The quantitative estimate of drug-likeness (QED) is 0.834. The van der Waals surface area contributed by atoms with E-state index >= 15 is 0 Å². The number of hydrogen-bond donors (Lipinski definition) is 2. The number of phenols is 1. The summed E-state index contributed by atoms with van der Waals surface area (Å²) in [5.41, 5.74) is 7.00. The third kappa shape index (κ3) is 3.79. The molecule has 0 saturated carbocycles. The predicted molar refractivity (Wildman–Crippen MR) is 71.7 cm³/mol. The van der Waals surface area contributed by atoms with Crippen molar-refractivity contribution < 1.29 is 9.63 Å². The molecule has 2 rings (SSSR count). The van der Waals surface area contributed by atoms with Crippen LogP contribution < -0.4 is 5.73 Å². The van der Waals surface area contributed by atoms with Gasteiger partial charge in [-0.2, -0.15) is 4.98 Å². The van der Waals surface area contributed by atoms with Gasteiger partial charge < -0.3 is 15.4 Å². The second-order valence-corrected chi connectivity index (χ2v) is 4.64. The van der Waals surface area contributed by atoms with Gasteiger partial charge in [-0.1, -0.05) is 37.1 Å². The SMILES string of the molecule is CCCCC(N)c1nc(Cc2ccc(O)cc2)no1. The van der Waals surface area contributed by atoms with Crippen LogP contribution in [0.3, 0.4) is 0 Å². The molecule has 1 aromatic heterocycles. The molecule has 0 radical (unpaired) electrons. The molecule has 0 aliphatic carbocycles. The third-order valence-corrected chi connectivity index (χ3v) is 2.97. The van der Waals surface area contributed by atoms with E-state index in [1.807, 2.05) is 12.1 Å². The topological polar surface area (TPSA) is 85.2 Å². The molecule has 0 spiro atoms. The molecule has 3 N–H and O–H groups in total. The number of nitrogens with zero attached hydrogens (tertiary/aromatic N) is 2. The number of aromatic nitrogens is 2. The molecular formula is C14H19N3O2. The Kier molecular flexibility index (Phi) is 4.52. The van der Waals surface area contributed by atoms with Crippen molar-refractivity contribution in [1.82, 2.24) is 10.1 Å². The Labute approximate surface area is 112 Å². The maximum atomic E-state index is 9.22. The molecule has 0 saturated heterocycles. The van der Waals surface area contributed by atoms with E-state index in [0.717, 1.165) is 24.8 Å². The number of nitrogens with two attached hydrogens (primary N) is 1. The van der Waals surface area contributed by atoms with Crippen LogP contribution in [0.2, 0.25) is 0 Å². The number of phenolic OH excluding ortho intramolecular Hbond substituents is 1. The largest absolute Gasteiger partial charge is 0.508 e. The zero-order chi connectivity index (χ0) is 13.7.